The molecule has 0 N–H and O–H groups in total. The lowest BCUT2D eigenvalue weighted by Gasteiger charge is -2.18. The van der Waals surface area contributed by atoms with Gasteiger partial charge >= 0.3 is 0 Å². The first-order chi connectivity index (χ1) is 8.40. The average Bonchev–Trinajstić information content (AvgIpc) is 2.34. The van der Waals surface area contributed by atoms with Crippen molar-refractivity contribution in [3.05, 3.63) is 23.8 Å². The van der Waals surface area contributed by atoms with Crippen molar-refractivity contribution in [1.82, 2.24) is 0 Å². The van der Waals surface area contributed by atoms with Crippen LogP contribution in [0.25, 0.3) is 0 Å². The Morgan fingerprint density at radius 1 is 1.11 bits per heavy atom. The Morgan fingerprint density at radius 2 is 1.61 bits per heavy atom. The third kappa shape index (κ3) is 3.49. The van der Waals surface area contributed by atoms with E-state index in [2.05, 4.69) is 0 Å². The fourth-order valence-electron chi connectivity index (χ4n) is 1.79. The molecule has 100 valence electrons. The van der Waals surface area contributed by atoms with E-state index < -0.39 is 0 Å². The van der Waals surface area contributed by atoms with Crippen molar-refractivity contribution in [1.29, 1.82) is 0 Å². The van der Waals surface area contributed by atoms with Crippen LogP contribution < -0.4 is 9.47 Å². The Morgan fingerprint density at radius 3 is 2.00 bits per heavy atom. The largest absolute Gasteiger partial charge is 0.496 e. The molecule has 0 spiro atoms. The molecule has 18 heavy (non-hydrogen) atoms. The van der Waals surface area contributed by atoms with E-state index in [0.717, 1.165) is 17.1 Å². The zero-order chi connectivity index (χ0) is 13.8. The fraction of sp³-hybridized carbons (Fsp3) is 0.533. The van der Waals surface area contributed by atoms with Crippen molar-refractivity contribution in [3.8, 4) is 11.5 Å². The van der Waals surface area contributed by atoms with Gasteiger partial charge in [-0.3, -0.25) is 4.79 Å². The summed E-state index contributed by atoms with van der Waals surface area (Å²) in [5.41, 5.74) is 0.662. The minimum atomic E-state index is -0.296. The van der Waals surface area contributed by atoms with E-state index in [0.29, 0.717) is 12.8 Å². The van der Waals surface area contributed by atoms with Crippen LogP contribution in [0.4, 0.5) is 0 Å². The quantitative estimate of drug-likeness (QED) is 0.804. The zero-order valence-electron chi connectivity index (χ0n) is 11.9. The molecule has 0 fully saturated rings. The Labute approximate surface area is 109 Å². The topological polar surface area (TPSA) is 35.5 Å². The summed E-state index contributed by atoms with van der Waals surface area (Å²) in [5, 5.41) is 0. The van der Waals surface area contributed by atoms with Crippen molar-refractivity contribution in [2.75, 3.05) is 14.2 Å². The standard InChI is InChI=1S/C15H22O3/c1-15(2,3)14(16)10-9-11-12(17-4)7-6-8-13(11)18-5/h6-8H,9-10H2,1-5H3. The van der Waals surface area contributed by atoms with Gasteiger partial charge in [0.15, 0.2) is 0 Å². The highest BCUT2D eigenvalue weighted by Gasteiger charge is 2.21. The van der Waals surface area contributed by atoms with Crippen LogP contribution >= 0.6 is 0 Å². The van der Waals surface area contributed by atoms with Gasteiger partial charge in [0.25, 0.3) is 0 Å². The summed E-state index contributed by atoms with van der Waals surface area (Å²) in [6, 6.07) is 5.66. The molecule has 0 saturated heterocycles. The molecule has 0 amide bonds. The van der Waals surface area contributed by atoms with Crippen LogP contribution in [0.15, 0.2) is 18.2 Å². The third-order valence-electron chi connectivity index (χ3n) is 2.97. The first-order valence-corrected chi connectivity index (χ1v) is 6.13. The van der Waals surface area contributed by atoms with Crippen LogP contribution in [-0.4, -0.2) is 20.0 Å². The van der Waals surface area contributed by atoms with Crippen molar-refractivity contribution in [3.63, 3.8) is 0 Å². The number of methoxy groups -OCH3 is 2. The lowest BCUT2D eigenvalue weighted by atomic mass is 9.87. The predicted octanol–water partition coefficient (Wildman–Crippen LogP) is 3.25. The normalized spacial score (nSPS) is 11.2. The molecule has 0 aromatic heterocycles. The number of ketones is 1. The molecule has 0 aliphatic rings. The molecule has 3 heteroatoms. The van der Waals surface area contributed by atoms with Crippen LogP contribution in [0.2, 0.25) is 0 Å². The second-order valence-corrected chi connectivity index (χ2v) is 5.31. The lowest BCUT2D eigenvalue weighted by Crippen LogP contribution is -2.20. The minimum absolute atomic E-state index is 0.246. The molecule has 1 rings (SSSR count). The molecule has 3 nitrogen and oxygen atoms in total. The van der Waals surface area contributed by atoms with E-state index in [4.69, 9.17) is 9.47 Å². The van der Waals surface area contributed by atoms with Gasteiger partial charge in [-0.05, 0) is 18.6 Å². The SMILES string of the molecule is COc1cccc(OC)c1CCC(=O)C(C)(C)C. The van der Waals surface area contributed by atoms with Gasteiger partial charge in [-0.15, -0.1) is 0 Å². The monoisotopic (exact) mass is 250 g/mol. The predicted molar refractivity (Wildman–Crippen MR) is 72.3 cm³/mol. The Bertz CT molecular complexity index is 394. The summed E-state index contributed by atoms with van der Waals surface area (Å²) >= 11 is 0. The number of hydrogen-bond donors (Lipinski definition) is 0. The number of Topliss-reactive ketones (excluding diaryl/α,β-unsaturated/α-hetero) is 1. The van der Waals surface area contributed by atoms with E-state index in [1.807, 2.05) is 39.0 Å². The molecule has 0 aliphatic carbocycles. The lowest BCUT2D eigenvalue weighted by molar-refractivity contribution is -0.126. The van der Waals surface area contributed by atoms with Gasteiger partial charge in [-0.25, -0.2) is 0 Å². The second kappa shape index (κ2) is 5.89. The van der Waals surface area contributed by atoms with Crippen molar-refractivity contribution in [2.45, 2.75) is 33.6 Å². The molecule has 0 atom stereocenters. The van der Waals surface area contributed by atoms with Gasteiger partial charge in [0.1, 0.15) is 17.3 Å². The molecule has 0 heterocycles. The van der Waals surface area contributed by atoms with Crippen LogP contribution in [0.1, 0.15) is 32.8 Å². The van der Waals surface area contributed by atoms with E-state index in [-0.39, 0.29) is 11.2 Å². The Balaban J connectivity index is 2.87. The summed E-state index contributed by atoms with van der Waals surface area (Å²) in [6.07, 6.45) is 1.14. The number of carbonyl (C=O) groups excluding carboxylic acids is 1. The molecule has 0 radical (unpaired) electrons. The van der Waals surface area contributed by atoms with Gasteiger partial charge in [-0.2, -0.15) is 0 Å². The molecule has 1 aromatic rings. The summed E-state index contributed by atoms with van der Waals surface area (Å²) in [4.78, 5) is 12.0. The third-order valence-corrected chi connectivity index (χ3v) is 2.97. The number of rotatable bonds is 5. The smallest absolute Gasteiger partial charge is 0.138 e. The van der Waals surface area contributed by atoms with Gasteiger partial charge in [0.05, 0.1) is 14.2 Å². The highest BCUT2D eigenvalue weighted by molar-refractivity contribution is 5.83. The van der Waals surface area contributed by atoms with Crippen molar-refractivity contribution in [2.24, 2.45) is 5.41 Å². The number of carbonyl (C=O) groups is 1. The zero-order valence-corrected chi connectivity index (χ0v) is 11.9. The first kappa shape index (κ1) is 14.6. The molecule has 0 aliphatic heterocycles. The van der Waals surface area contributed by atoms with Gasteiger partial charge in [0, 0.05) is 17.4 Å². The van der Waals surface area contributed by atoms with Crippen LogP contribution in [-0.2, 0) is 11.2 Å². The number of benzene rings is 1. The molecule has 0 bridgehead atoms. The van der Waals surface area contributed by atoms with E-state index >= 15 is 0 Å². The maximum absolute atomic E-state index is 12.0. The van der Waals surface area contributed by atoms with Gasteiger partial charge < -0.3 is 9.47 Å². The van der Waals surface area contributed by atoms with Crippen molar-refractivity contribution < 1.29 is 14.3 Å². The van der Waals surface area contributed by atoms with E-state index in [1.54, 1.807) is 14.2 Å². The Hall–Kier alpha value is -1.51. The van der Waals surface area contributed by atoms with E-state index in [9.17, 15) is 4.79 Å². The highest BCUT2D eigenvalue weighted by atomic mass is 16.5. The average molecular weight is 250 g/mol. The molecule has 0 saturated carbocycles. The molecular formula is C15H22O3. The van der Waals surface area contributed by atoms with Crippen molar-refractivity contribution >= 4 is 5.78 Å². The molecular weight excluding hydrogens is 228 g/mol. The fourth-order valence-corrected chi connectivity index (χ4v) is 1.79. The molecule has 0 unspecified atom stereocenters. The number of hydrogen-bond acceptors (Lipinski definition) is 3. The van der Waals surface area contributed by atoms with Crippen LogP contribution in [0.5, 0.6) is 11.5 Å². The maximum Gasteiger partial charge on any atom is 0.138 e. The van der Waals surface area contributed by atoms with Gasteiger partial charge in [-0.1, -0.05) is 26.8 Å². The van der Waals surface area contributed by atoms with Gasteiger partial charge in [0.2, 0.25) is 0 Å². The maximum atomic E-state index is 12.0. The summed E-state index contributed by atoms with van der Waals surface area (Å²) in [5.74, 6) is 1.79. The Kier molecular flexibility index (Phi) is 4.76. The second-order valence-electron chi connectivity index (χ2n) is 5.31. The summed E-state index contributed by atoms with van der Waals surface area (Å²) in [7, 11) is 3.26. The minimum Gasteiger partial charge on any atom is -0.496 e. The van der Waals surface area contributed by atoms with Crippen LogP contribution in [0.3, 0.4) is 0 Å². The number of ether oxygens (including phenoxy) is 2. The summed E-state index contributed by atoms with van der Waals surface area (Å²) in [6.45, 7) is 5.82. The van der Waals surface area contributed by atoms with E-state index in [1.165, 1.54) is 0 Å². The highest BCUT2D eigenvalue weighted by Crippen LogP contribution is 2.30. The summed E-state index contributed by atoms with van der Waals surface area (Å²) < 4.78 is 10.6. The van der Waals surface area contributed by atoms with Crippen LogP contribution in [0, 0.1) is 5.41 Å². The molecule has 1 aromatic carbocycles. The first-order valence-electron chi connectivity index (χ1n) is 6.13.